The molecule has 0 aliphatic rings. The van der Waals surface area contributed by atoms with Crippen LogP contribution >= 0.6 is 22.9 Å². The number of nitrogens with one attached hydrogen (secondary N) is 1. The number of benzene rings is 2. The number of halogens is 1. The van der Waals surface area contributed by atoms with Crippen LogP contribution in [0.1, 0.15) is 22.0 Å². The van der Waals surface area contributed by atoms with Crippen LogP contribution in [0.25, 0.3) is 5.69 Å². The molecule has 0 aliphatic heterocycles. The number of anilines is 1. The third kappa shape index (κ3) is 3.72. The van der Waals surface area contributed by atoms with Gasteiger partial charge in [-0.1, -0.05) is 65.7 Å². The van der Waals surface area contributed by atoms with Crippen LogP contribution in [0.2, 0.25) is 5.02 Å². The van der Waals surface area contributed by atoms with E-state index in [1.54, 1.807) is 17.5 Å². The third-order valence-electron chi connectivity index (χ3n) is 4.46. The molecule has 4 rings (SSSR count). The molecule has 0 aliphatic carbocycles. The molecule has 2 aromatic heterocycles. The van der Waals surface area contributed by atoms with Crippen LogP contribution in [0.3, 0.4) is 0 Å². The molecule has 28 heavy (non-hydrogen) atoms. The summed E-state index contributed by atoms with van der Waals surface area (Å²) < 4.78 is 1.31. The molecule has 4 nitrogen and oxygen atoms in total. The van der Waals surface area contributed by atoms with Gasteiger partial charge in [-0.15, -0.1) is 11.3 Å². The zero-order valence-corrected chi connectivity index (χ0v) is 16.7. The topological polar surface area (TPSA) is 46.9 Å². The Morgan fingerprint density at radius 2 is 1.79 bits per heavy atom. The van der Waals surface area contributed by atoms with Crippen LogP contribution < -0.4 is 10.9 Å². The van der Waals surface area contributed by atoms with Gasteiger partial charge in [0.05, 0.1) is 23.6 Å². The van der Waals surface area contributed by atoms with Gasteiger partial charge in [0.2, 0.25) is 0 Å². The van der Waals surface area contributed by atoms with Crippen molar-refractivity contribution in [1.29, 1.82) is 0 Å². The Kier molecular flexibility index (Phi) is 5.28. The summed E-state index contributed by atoms with van der Waals surface area (Å²) in [5, 5.41) is 9.87. The van der Waals surface area contributed by atoms with Gasteiger partial charge in [0.1, 0.15) is 5.02 Å². The van der Waals surface area contributed by atoms with Crippen molar-refractivity contribution < 1.29 is 0 Å². The lowest BCUT2D eigenvalue weighted by molar-refractivity contribution is 0.804. The second-order valence-corrected chi connectivity index (χ2v) is 7.79. The lowest BCUT2D eigenvalue weighted by Gasteiger charge is -2.20. The number of thiophene rings is 1. The maximum absolute atomic E-state index is 12.8. The van der Waals surface area contributed by atoms with Crippen LogP contribution in [-0.4, -0.2) is 9.78 Å². The highest BCUT2D eigenvalue weighted by atomic mass is 35.5. The van der Waals surface area contributed by atoms with E-state index in [9.17, 15) is 4.79 Å². The van der Waals surface area contributed by atoms with E-state index < -0.39 is 0 Å². The first-order valence-electron chi connectivity index (χ1n) is 8.83. The van der Waals surface area contributed by atoms with E-state index in [4.69, 9.17) is 11.6 Å². The van der Waals surface area contributed by atoms with Crippen LogP contribution in [0.4, 0.5) is 5.69 Å². The predicted molar refractivity (Wildman–Crippen MR) is 116 cm³/mol. The second kappa shape index (κ2) is 8.00. The summed E-state index contributed by atoms with van der Waals surface area (Å²) in [6, 6.07) is 21.5. The van der Waals surface area contributed by atoms with Gasteiger partial charge in [0, 0.05) is 4.88 Å². The first-order valence-corrected chi connectivity index (χ1v) is 10.1. The number of hydrogen-bond acceptors (Lipinski definition) is 4. The quantitative estimate of drug-likeness (QED) is 0.478. The Balaban J connectivity index is 1.72. The number of aromatic nitrogens is 2. The molecule has 0 amide bonds. The maximum atomic E-state index is 12.8. The molecular weight excluding hydrogens is 390 g/mol. The van der Waals surface area contributed by atoms with E-state index in [0.717, 1.165) is 10.4 Å². The van der Waals surface area contributed by atoms with E-state index >= 15 is 0 Å². The minimum Gasteiger partial charge on any atom is -0.371 e. The number of para-hydroxylation sites is 1. The minimum absolute atomic E-state index is 0.118. The van der Waals surface area contributed by atoms with E-state index in [-0.39, 0.29) is 16.6 Å². The summed E-state index contributed by atoms with van der Waals surface area (Å²) in [4.78, 5) is 13.9. The highest BCUT2D eigenvalue weighted by molar-refractivity contribution is 7.10. The van der Waals surface area contributed by atoms with Gasteiger partial charge in [-0.3, -0.25) is 4.79 Å². The largest absolute Gasteiger partial charge is 0.371 e. The van der Waals surface area contributed by atoms with Crippen molar-refractivity contribution in [3.05, 3.63) is 110 Å². The van der Waals surface area contributed by atoms with Crippen LogP contribution in [0, 0.1) is 6.92 Å². The average Bonchev–Trinajstić information content (AvgIpc) is 3.25. The summed E-state index contributed by atoms with van der Waals surface area (Å²) in [5.74, 6) is 0. The Hall–Kier alpha value is -2.89. The van der Waals surface area contributed by atoms with Gasteiger partial charge in [-0.2, -0.15) is 9.78 Å². The lowest BCUT2D eigenvalue weighted by Crippen LogP contribution is -2.23. The smallest absolute Gasteiger partial charge is 0.292 e. The monoisotopic (exact) mass is 407 g/mol. The molecule has 0 unspecified atom stereocenters. The van der Waals surface area contributed by atoms with Crippen molar-refractivity contribution in [3.8, 4) is 5.69 Å². The standard InChI is InChI=1S/C22H18ClN3OS/c1-15-9-11-16(12-10-15)21(19-8-5-13-28-19)25-18-14-24-26(22(27)20(18)23)17-6-3-2-4-7-17/h2-14,21,25H,1H3/t21-/m0/s1. The van der Waals surface area contributed by atoms with Gasteiger partial charge in [0.15, 0.2) is 0 Å². The van der Waals surface area contributed by atoms with Crippen LogP contribution in [-0.2, 0) is 0 Å². The summed E-state index contributed by atoms with van der Waals surface area (Å²) in [6.45, 7) is 2.06. The highest BCUT2D eigenvalue weighted by Gasteiger charge is 2.19. The minimum atomic E-state index is -0.355. The van der Waals surface area contributed by atoms with Gasteiger partial charge >= 0.3 is 0 Å². The Labute approximate surface area is 172 Å². The first kappa shape index (κ1) is 18.5. The fourth-order valence-corrected chi connectivity index (χ4v) is 3.96. The Morgan fingerprint density at radius 3 is 2.46 bits per heavy atom. The maximum Gasteiger partial charge on any atom is 0.292 e. The zero-order valence-electron chi connectivity index (χ0n) is 15.2. The zero-order chi connectivity index (χ0) is 19.5. The second-order valence-electron chi connectivity index (χ2n) is 6.43. The SMILES string of the molecule is Cc1ccc([C@H](Nc2cnn(-c3ccccc3)c(=O)c2Cl)c2cccs2)cc1. The molecule has 0 fully saturated rings. The highest BCUT2D eigenvalue weighted by Crippen LogP contribution is 2.31. The molecule has 1 atom stereocenters. The van der Waals surface area contributed by atoms with Crippen LogP contribution in [0.5, 0.6) is 0 Å². The van der Waals surface area contributed by atoms with Crippen molar-refractivity contribution in [3.63, 3.8) is 0 Å². The first-order chi connectivity index (χ1) is 13.6. The number of hydrogen-bond donors (Lipinski definition) is 1. The molecule has 6 heteroatoms. The summed E-state index contributed by atoms with van der Waals surface area (Å²) in [5.41, 5.74) is 3.12. The van der Waals surface area contributed by atoms with E-state index in [0.29, 0.717) is 11.4 Å². The fourth-order valence-electron chi connectivity index (χ4n) is 2.98. The molecule has 0 saturated heterocycles. The van der Waals surface area contributed by atoms with Crippen LogP contribution in [0.15, 0.2) is 83.1 Å². The molecule has 0 bridgehead atoms. The molecule has 0 spiro atoms. The van der Waals surface area contributed by atoms with E-state index in [1.807, 2.05) is 41.8 Å². The van der Waals surface area contributed by atoms with Crippen molar-refractivity contribution in [2.24, 2.45) is 0 Å². The third-order valence-corrected chi connectivity index (χ3v) is 5.76. The van der Waals surface area contributed by atoms with Crippen molar-refractivity contribution in [2.75, 3.05) is 5.32 Å². The van der Waals surface area contributed by atoms with E-state index in [2.05, 4.69) is 47.7 Å². The normalized spacial score (nSPS) is 11.9. The number of nitrogens with zero attached hydrogens (tertiary/aromatic N) is 2. The Bertz CT molecular complexity index is 1120. The van der Waals surface area contributed by atoms with Gasteiger partial charge in [-0.25, -0.2) is 0 Å². The predicted octanol–water partition coefficient (Wildman–Crippen LogP) is 5.46. The summed E-state index contributed by atoms with van der Waals surface area (Å²) in [7, 11) is 0. The molecule has 0 radical (unpaired) electrons. The fraction of sp³-hybridized carbons (Fsp3) is 0.0909. The van der Waals surface area contributed by atoms with Crippen molar-refractivity contribution in [1.82, 2.24) is 9.78 Å². The summed E-state index contributed by atoms with van der Waals surface area (Å²) in [6.07, 6.45) is 1.60. The molecule has 1 N–H and O–H groups in total. The molecule has 4 aromatic rings. The van der Waals surface area contributed by atoms with Crippen molar-refractivity contribution >= 4 is 28.6 Å². The molecule has 140 valence electrons. The Morgan fingerprint density at radius 1 is 1.04 bits per heavy atom. The number of rotatable bonds is 5. The van der Waals surface area contributed by atoms with Gasteiger partial charge in [-0.05, 0) is 36.1 Å². The van der Waals surface area contributed by atoms with Crippen molar-refractivity contribution in [2.45, 2.75) is 13.0 Å². The van der Waals surface area contributed by atoms with E-state index in [1.165, 1.54) is 10.2 Å². The lowest BCUT2D eigenvalue weighted by atomic mass is 10.0. The summed E-state index contributed by atoms with van der Waals surface area (Å²) >= 11 is 8.08. The molecule has 0 saturated carbocycles. The van der Waals surface area contributed by atoms with Gasteiger partial charge < -0.3 is 5.32 Å². The molecular formula is C22H18ClN3OS. The average molecular weight is 408 g/mol. The van der Waals surface area contributed by atoms with Gasteiger partial charge in [0.25, 0.3) is 5.56 Å². The molecule has 2 heterocycles. The number of aryl methyl sites for hydroxylation is 1. The molecule has 2 aromatic carbocycles.